The Hall–Kier alpha value is -0.0300. The SMILES string of the molecule is CCCC(S(C)=O)(S(=O)(=O)O)S(=O)(=O)O. The Bertz CT molecular complexity index is 413. The van der Waals surface area contributed by atoms with E-state index in [0.29, 0.717) is 0 Å². The van der Waals surface area contributed by atoms with Crippen molar-refractivity contribution in [3.05, 3.63) is 0 Å². The highest BCUT2D eigenvalue weighted by Gasteiger charge is 2.57. The molecule has 0 aliphatic carbocycles. The minimum absolute atomic E-state index is 0.0131. The summed E-state index contributed by atoms with van der Waals surface area (Å²) >= 11 is 0. The van der Waals surface area contributed by atoms with Gasteiger partial charge in [-0.3, -0.25) is 13.3 Å². The van der Waals surface area contributed by atoms with Crippen LogP contribution in [0.2, 0.25) is 0 Å². The van der Waals surface area contributed by atoms with Crippen LogP contribution in [0.1, 0.15) is 19.8 Å². The third-order valence-electron chi connectivity index (χ3n) is 1.78. The Balaban J connectivity index is 6.10. The van der Waals surface area contributed by atoms with Gasteiger partial charge in [-0.2, -0.15) is 16.8 Å². The van der Waals surface area contributed by atoms with E-state index in [1.54, 1.807) is 0 Å². The molecule has 0 amide bonds. The minimum Gasteiger partial charge on any atom is -0.284 e. The summed E-state index contributed by atoms with van der Waals surface area (Å²) in [5, 5.41) is 0. The summed E-state index contributed by atoms with van der Waals surface area (Å²) in [7, 11) is -12.8. The fraction of sp³-hybridized carbons (Fsp3) is 1.00. The third-order valence-corrected chi connectivity index (χ3v) is 8.78. The van der Waals surface area contributed by atoms with E-state index in [1.807, 2.05) is 0 Å². The lowest BCUT2D eigenvalue weighted by atomic mass is 10.4. The summed E-state index contributed by atoms with van der Waals surface area (Å²) in [5.41, 5.74) is 0. The summed E-state index contributed by atoms with van der Waals surface area (Å²) in [6.07, 6.45) is 0.157. The molecule has 0 aliphatic rings. The lowest BCUT2D eigenvalue weighted by molar-refractivity contribution is 0.440. The predicted octanol–water partition coefficient (Wildman–Crippen LogP) is -0.406. The Kier molecular flexibility index (Phi) is 4.45. The lowest BCUT2D eigenvalue weighted by Crippen LogP contribution is -2.49. The molecule has 0 aliphatic heterocycles. The van der Waals surface area contributed by atoms with E-state index < -0.39 is 40.9 Å². The van der Waals surface area contributed by atoms with Crippen molar-refractivity contribution in [2.45, 2.75) is 23.2 Å². The molecule has 1 atom stereocenters. The van der Waals surface area contributed by atoms with Crippen LogP contribution in [0, 0.1) is 0 Å². The first kappa shape index (κ1) is 15.0. The van der Waals surface area contributed by atoms with Gasteiger partial charge in [0.2, 0.25) is 0 Å². The quantitative estimate of drug-likeness (QED) is 0.656. The van der Waals surface area contributed by atoms with Crippen molar-refractivity contribution in [1.82, 2.24) is 0 Å². The molecule has 0 aromatic rings. The molecular weight excluding hydrogens is 268 g/mol. The fourth-order valence-corrected chi connectivity index (χ4v) is 5.99. The molecule has 0 radical (unpaired) electrons. The topological polar surface area (TPSA) is 126 Å². The largest absolute Gasteiger partial charge is 0.300 e. The van der Waals surface area contributed by atoms with E-state index in [4.69, 9.17) is 9.11 Å². The molecule has 0 saturated heterocycles. The highest BCUT2D eigenvalue weighted by atomic mass is 32.3. The molecule has 0 spiro atoms. The Morgan fingerprint density at radius 3 is 1.53 bits per heavy atom. The maximum absolute atomic E-state index is 11.2. The second-order valence-corrected chi connectivity index (χ2v) is 8.51. The predicted molar refractivity (Wildman–Crippen MR) is 54.8 cm³/mol. The number of rotatable bonds is 5. The molecule has 0 rings (SSSR count). The fourth-order valence-electron chi connectivity index (χ4n) is 1.14. The highest BCUT2D eigenvalue weighted by Crippen LogP contribution is 2.31. The first-order chi connectivity index (χ1) is 6.50. The summed E-state index contributed by atoms with van der Waals surface area (Å²) in [6, 6.07) is 0. The maximum atomic E-state index is 11.2. The van der Waals surface area contributed by atoms with E-state index in [-0.39, 0.29) is 6.42 Å². The van der Waals surface area contributed by atoms with Crippen LogP contribution in [-0.2, 0) is 31.0 Å². The molecule has 0 saturated carbocycles. The monoisotopic (exact) mass is 280 g/mol. The smallest absolute Gasteiger partial charge is 0.284 e. The molecule has 0 aromatic heterocycles. The molecule has 0 bridgehead atoms. The molecule has 0 heterocycles. The molecule has 2 N–H and O–H groups in total. The van der Waals surface area contributed by atoms with E-state index in [1.165, 1.54) is 6.92 Å². The van der Waals surface area contributed by atoms with Crippen LogP contribution in [0.25, 0.3) is 0 Å². The maximum Gasteiger partial charge on any atom is 0.300 e. The summed E-state index contributed by atoms with van der Waals surface area (Å²) < 4.78 is 69.6. The standard InChI is InChI=1S/C5H12O7S3/c1-3-4-5(13(2)6,14(7,8)9)15(10,11)12/h3-4H2,1-2H3,(H,7,8,9)(H,10,11,12). The molecule has 92 valence electrons. The van der Waals surface area contributed by atoms with Gasteiger partial charge in [0.1, 0.15) is 0 Å². The van der Waals surface area contributed by atoms with E-state index in [9.17, 15) is 21.0 Å². The first-order valence-corrected chi connectivity index (χ1v) is 8.22. The third kappa shape index (κ3) is 2.56. The summed E-state index contributed by atoms with van der Waals surface area (Å²) in [5.74, 6) is 0. The van der Waals surface area contributed by atoms with Gasteiger partial charge in [0, 0.05) is 6.26 Å². The summed E-state index contributed by atoms with van der Waals surface area (Å²) in [4.78, 5) is 0. The van der Waals surface area contributed by atoms with Crippen molar-refractivity contribution >= 4 is 31.0 Å². The number of hydrogen-bond donors (Lipinski definition) is 2. The molecule has 10 heteroatoms. The van der Waals surface area contributed by atoms with Gasteiger partial charge in [-0.1, -0.05) is 13.3 Å². The Labute approximate surface area is 90.8 Å². The molecular formula is C5H12O7S3. The average Bonchev–Trinajstić information content (AvgIpc) is 1.93. The molecule has 0 fully saturated rings. The van der Waals surface area contributed by atoms with Crippen LogP contribution < -0.4 is 0 Å². The zero-order chi connectivity index (χ0) is 12.5. The Morgan fingerprint density at radius 1 is 1.13 bits per heavy atom. The van der Waals surface area contributed by atoms with Crippen molar-refractivity contribution in [2.75, 3.05) is 6.26 Å². The van der Waals surface area contributed by atoms with E-state index in [2.05, 4.69) is 0 Å². The van der Waals surface area contributed by atoms with E-state index >= 15 is 0 Å². The first-order valence-electron chi connectivity index (χ1n) is 3.78. The summed E-state index contributed by atoms with van der Waals surface area (Å²) in [6.45, 7) is 1.43. The van der Waals surface area contributed by atoms with Crippen molar-refractivity contribution in [3.63, 3.8) is 0 Å². The lowest BCUT2D eigenvalue weighted by Gasteiger charge is -2.24. The van der Waals surface area contributed by atoms with Crippen LogP contribution in [0.4, 0.5) is 0 Å². The van der Waals surface area contributed by atoms with Gasteiger partial charge in [-0.25, -0.2) is 0 Å². The zero-order valence-electron chi connectivity index (χ0n) is 8.07. The van der Waals surface area contributed by atoms with Crippen LogP contribution in [0.15, 0.2) is 0 Å². The second kappa shape index (κ2) is 4.45. The van der Waals surface area contributed by atoms with Crippen LogP contribution in [-0.4, -0.2) is 39.8 Å². The zero-order valence-corrected chi connectivity index (χ0v) is 10.5. The number of hydrogen-bond acceptors (Lipinski definition) is 5. The van der Waals surface area contributed by atoms with Crippen molar-refractivity contribution < 1.29 is 30.1 Å². The van der Waals surface area contributed by atoms with Crippen molar-refractivity contribution in [1.29, 1.82) is 0 Å². The molecule has 7 nitrogen and oxygen atoms in total. The second-order valence-electron chi connectivity index (χ2n) is 2.84. The van der Waals surface area contributed by atoms with Gasteiger partial charge >= 0.3 is 0 Å². The normalized spacial score (nSPS) is 16.3. The van der Waals surface area contributed by atoms with Gasteiger partial charge in [-0.15, -0.1) is 0 Å². The van der Waals surface area contributed by atoms with Gasteiger partial charge < -0.3 is 0 Å². The van der Waals surface area contributed by atoms with Crippen LogP contribution in [0.3, 0.4) is 0 Å². The molecule has 15 heavy (non-hydrogen) atoms. The Morgan fingerprint density at radius 2 is 1.47 bits per heavy atom. The molecule has 0 aromatic carbocycles. The molecule has 1 unspecified atom stereocenters. The van der Waals surface area contributed by atoms with Crippen molar-refractivity contribution in [2.24, 2.45) is 0 Å². The highest BCUT2D eigenvalue weighted by molar-refractivity contribution is 8.20. The van der Waals surface area contributed by atoms with Crippen LogP contribution in [0.5, 0.6) is 0 Å². The van der Waals surface area contributed by atoms with Gasteiger partial charge in [0.05, 0.1) is 10.8 Å². The van der Waals surface area contributed by atoms with Crippen molar-refractivity contribution in [3.8, 4) is 0 Å². The van der Waals surface area contributed by atoms with Crippen LogP contribution >= 0.6 is 0 Å². The van der Waals surface area contributed by atoms with Gasteiger partial charge in [0.15, 0.2) is 0 Å². The van der Waals surface area contributed by atoms with Gasteiger partial charge in [-0.05, 0) is 6.42 Å². The minimum atomic E-state index is -5.18. The van der Waals surface area contributed by atoms with E-state index in [0.717, 1.165) is 6.26 Å². The van der Waals surface area contributed by atoms with Gasteiger partial charge in [0.25, 0.3) is 23.6 Å². The average molecular weight is 280 g/mol.